The Labute approximate surface area is 121 Å². The second-order valence-corrected chi connectivity index (χ2v) is 4.66. The third-order valence-electron chi connectivity index (χ3n) is 2.90. The van der Waals surface area contributed by atoms with E-state index in [0.717, 1.165) is 0 Å². The molecule has 0 aliphatic carbocycles. The number of hydrogen-bond acceptors (Lipinski definition) is 2. The molecule has 1 heterocycles. The van der Waals surface area contributed by atoms with Gasteiger partial charge in [-0.1, -0.05) is 17.7 Å². The quantitative estimate of drug-likeness (QED) is 0.405. The molecule has 1 aromatic heterocycles. The lowest BCUT2D eigenvalue weighted by molar-refractivity contribution is 0.368. The molecule has 0 saturated heterocycles. The Morgan fingerprint density at radius 3 is 1.95 bits per heavy atom. The molecule has 0 fully saturated rings. The molecule has 2 nitrogen and oxygen atoms in total. The predicted octanol–water partition coefficient (Wildman–Crippen LogP) is 3.67. The molecule has 2 aromatic rings. The van der Waals surface area contributed by atoms with E-state index in [1.807, 2.05) is 0 Å². The van der Waals surface area contributed by atoms with Crippen LogP contribution >= 0.6 is 11.6 Å². The van der Waals surface area contributed by atoms with Gasteiger partial charge in [0.15, 0.2) is 23.3 Å². The minimum atomic E-state index is -2.20. The second kappa shape index (κ2) is 5.95. The number of hydrogen-bond donors (Lipinski definition) is 1. The first-order valence-corrected chi connectivity index (χ1v) is 6.08. The van der Waals surface area contributed by atoms with Crippen molar-refractivity contribution < 1.29 is 22.0 Å². The van der Waals surface area contributed by atoms with Crippen LogP contribution in [0.2, 0.25) is 5.15 Å². The van der Waals surface area contributed by atoms with E-state index in [2.05, 4.69) is 4.98 Å². The largest absolute Gasteiger partial charge is 0.324 e. The molecule has 0 radical (unpaired) electrons. The Morgan fingerprint density at radius 2 is 1.48 bits per heavy atom. The van der Waals surface area contributed by atoms with Crippen molar-refractivity contribution in [1.29, 1.82) is 0 Å². The third kappa shape index (κ3) is 2.98. The number of pyridine rings is 1. The molecule has 1 unspecified atom stereocenters. The molecule has 21 heavy (non-hydrogen) atoms. The Kier molecular flexibility index (Phi) is 4.43. The van der Waals surface area contributed by atoms with Crippen LogP contribution in [0.1, 0.15) is 17.2 Å². The van der Waals surface area contributed by atoms with Crippen molar-refractivity contribution in [2.24, 2.45) is 5.73 Å². The number of halogens is 6. The molecule has 112 valence electrons. The van der Waals surface area contributed by atoms with E-state index in [9.17, 15) is 22.0 Å². The van der Waals surface area contributed by atoms with Crippen molar-refractivity contribution in [2.75, 3.05) is 0 Å². The number of nitrogens with two attached hydrogens (primary N) is 1. The number of aromatic nitrogens is 1. The van der Waals surface area contributed by atoms with Crippen LogP contribution in [0.25, 0.3) is 0 Å². The van der Waals surface area contributed by atoms with Crippen LogP contribution in [0, 0.1) is 29.1 Å². The van der Waals surface area contributed by atoms with Crippen LogP contribution in [-0.2, 0) is 6.42 Å². The highest BCUT2D eigenvalue weighted by Gasteiger charge is 2.26. The van der Waals surface area contributed by atoms with Crippen molar-refractivity contribution in [3.63, 3.8) is 0 Å². The standard InChI is InChI=1S/C13H8ClF5N2/c14-8-2-1-5(4-21-8)7(20)3-6-9(15)11(17)13(19)12(18)10(6)16/h1-2,4,7H,3,20H2. The highest BCUT2D eigenvalue weighted by Crippen LogP contribution is 2.26. The predicted molar refractivity (Wildman–Crippen MR) is 66.1 cm³/mol. The summed E-state index contributed by atoms with van der Waals surface area (Å²) in [6, 6.07) is 1.85. The Balaban J connectivity index is 2.37. The summed E-state index contributed by atoms with van der Waals surface area (Å²) >= 11 is 5.57. The highest BCUT2D eigenvalue weighted by molar-refractivity contribution is 6.29. The molecule has 0 saturated carbocycles. The number of rotatable bonds is 3. The third-order valence-corrected chi connectivity index (χ3v) is 3.13. The molecule has 0 amide bonds. The maximum absolute atomic E-state index is 13.5. The van der Waals surface area contributed by atoms with Gasteiger partial charge in [0, 0.05) is 17.8 Å². The zero-order valence-electron chi connectivity index (χ0n) is 10.3. The van der Waals surface area contributed by atoms with E-state index in [1.54, 1.807) is 0 Å². The average molecular weight is 323 g/mol. The highest BCUT2D eigenvalue weighted by atomic mass is 35.5. The normalized spacial score (nSPS) is 12.5. The van der Waals surface area contributed by atoms with Crippen LogP contribution in [0.3, 0.4) is 0 Å². The van der Waals surface area contributed by atoms with E-state index >= 15 is 0 Å². The summed E-state index contributed by atoms with van der Waals surface area (Å²) in [5.74, 6) is -9.96. The van der Waals surface area contributed by atoms with Gasteiger partial charge < -0.3 is 5.73 Å². The Hall–Kier alpha value is -1.73. The maximum atomic E-state index is 13.5. The summed E-state index contributed by atoms with van der Waals surface area (Å²) < 4.78 is 66.1. The van der Waals surface area contributed by atoms with Gasteiger partial charge in [-0.15, -0.1) is 0 Å². The molecule has 8 heteroatoms. The molecule has 2 rings (SSSR count). The molecule has 0 bridgehead atoms. The molecular weight excluding hydrogens is 315 g/mol. The van der Waals surface area contributed by atoms with Gasteiger partial charge in [-0.3, -0.25) is 0 Å². The van der Waals surface area contributed by atoms with Gasteiger partial charge in [0.2, 0.25) is 5.82 Å². The van der Waals surface area contributed by atoms with Crippen LogP contribution in [-0.4, -0.2) is 4.98 Å². The summed E-state index contributed by atoms with van der Waals surface area (Å²) in [7, 11) is 0. The summed E-state index contributed by atoms with van der Waals surface area (Å²) in [4.78, 5) is 3.73. The van der Waals surface area contributed by atoms with E-state index in [1.165, 1.54) is 18.3 Å². The lowest BCUT2D eigenvalue weighted by Crippen LogP contribution is -2.17. The molecule has 1 atom stereocenters. The molecule has 1 aromatic carbocycles. The topological polar surface area (TPSA) is 38.9 Å². The summed E-state index contributed by atoms with van der Waals surface area (Å²) in [5, 5.41) is 0.183. The SMILES string of the molecule is NC(Cc1c(F)c(F)c(F)c(F)c1F)c1ccc(Cl)nc1. The maximum Gasteiger partial charge on any atom is 0.200 e. The lowest BCUT2D eigenvalue weighted by Gasteiger charge is -2.14. The minimum Gasteiger partial charge on any atom is -0.324 e. The van der Waals surface area contributed by atoms with Crippen molar-refractivity contribution >= 4 is 11.6 Å². The van der Waals surface area contributed by atoms with E-state index in [-0.39, 0.29) is 5.15 Å². The van der Waals surface area contributed by atoms with Crippen LogP contribution < -0.4 is 5.73 Å². The first-order chi connectivity index (χ1) is 9.82. The molecule has 0 aliphatic heterocycles. The second-order valence-electron chi connectivity index (χ2n) is 4.27. The van der Waals surface area contributed by atoms with Gasteiger partial charge in [-0.2, -0.15) is 0 Å². The molecule has 0 aliphatic rings. The van der Waals surface area contributed by atoms with Crippen molar-refractivity contribution in [3.8, 4) is 0 Å². The molecular formula is C13H8ClF5N2. The molecule has 0 spiro atoms. The van der Waals surface area contributed by atoms with Crippen LogP contribution in [0.15, 0.2) is 18.3 Å². The van der Waals surface area contributed by atoms with Gasteiger partial charge in [-0.05, 0) is 18.1 Å². The van der Waals surface area contributed by atoms with E-state index in [0.29, 0.717) is 5.56 Å². The average Bonchev–Trinajstić information content (AvgIpc) is 2.48. The summed E-state index contributed by atoms with van der Waals surface area (Å²) in [6.07, 6.45) is 0.689. The summed E-state index contributed by atoms with van der Waals surface area (Å²) in [6.45, 7) is 0. The fourth-order valence-electron chi connectivity index (χ4n) is 1.77. The first kappa shape index (κ1) is 15.7. The van der Waals surface area contributed by atoms with Gasteiger partial charge in [0.25, 0.3) is 0 Å². The fourth-order valence-corrected chi connectivity index (χ4v) is 1.89. The Bertz CT molecular complexity index is 646. The zero-order chi connectivity index (χ0) is 15.7. The van der Waals surface area contributed by atoms with Crippen molar-refractivity contribution in [1.82, 2.24) is 4.98 Å². The lowest BCUT2D eigenvalue weighted by atomic mass is 9.99. The van der Waals surface area contributed by atoms with Crippen molar-refractivity contribution in [3.05, 3.63) is 63.7 Å². The summed E-state index contributed by atoms with van der Waals surface area (Å²) in [5.41, 5.74) is 5.08. The zero-order valence-corrected chi connectivity index (χ0v) is 11.1. The van der Waals surface area contributed by atoms with Crippen LogP contribution in [0.4, 0.5) is 22.0 Å². The Morgan fingerprint density at radius 1 is 0.952 bits per heavy atom. The van der Waals surface area contributed by atoms with Gasteiger partial charge >= 0.3 is 0 Å². The number of benzene rings is 1. The van der Waals surface area contributed by atoms with Gasteiger partial charge in [-0.25, -0.2) is 26.9 Å². The van der Waals surface area contributed by atoms with E-state index < -0.39 is 47.1 Å². The molecule has 2 N–H and O–H groups in total. The van der Waals surface area contributed by atoms with Crippen LogP contribution in [0.5, 0.6) is 0 Å². The van der Waals surface area contributed by atoms with E-state index in [4.69, 9.17) is 17.3 Å². The van der Waals surface area contributed by atoms with Gasteiger partial charge in [0.05, 0.1) is 0 Å². The van der Waals surface area contributed by atoms with Gasteiger partial charge in [0.1, 0.15) is 5.15 Å². The minimum absolute atomic E-state index is 0.183. The fraction of sp³-hybridized carbons (Fsp3) is 0.154. The smallest absolute Gasteiger partial charge is 0.200 e. The first-order valence-electron chi connectivity index (χ1n) is 5.70. The van der Waals surface area contributed by atoms with Crippen molar-refractivity contribution in [2.45, 2.75) is 12.5 Å². The monoisotopic (exact) mass is 322 g/mol. The number of nitrogens with zero attached hydrogens (tertiary/aromatic N) is 1.